The van der Waals surface area contributed by atoms with Crippen molar-refractivity contribution in [2.45, 2.75) is 394 Å². The Morgan fingerprint density at radius 1 is 0.320 bits per heavy atom. The number of esters is 4. The number of ether oxygens (including phenoxy) is 4. The van der Waals surface area contributed by atoms with E-state index in [0.29, 0.717) is 31.6 Å². The standard InChI is InChI=1S/C78H148O17P2/c1-8-9-10-11-12-13-14-15-16-20-27-32-39-47-54-61-78(83)95-74(66-89-76(81)60-53-46-41-34-37-44-51-58-71(6)7)68-93-97(86,87)91-64-72(79)63-90-96(84,85)92-67-73(65-88-75(80)59-52-45-38-31-26-23-22-25-30-36-43-50-57-70(4)5)94-77(82)62-55-48-40-33-28-21-18-17-19-24-29-35-42-49-56-69(2)3/h13-16,69-74,79H,8-12,17-68H2,1-7H3,(H,84,85)(H,86,87)/b14-13-,16-15-/t72?,73-,74-/m1/s1. The molecule has 572 valence electrons. The molecule has 0 spiro atoms. The van der Waals surface area contributed by atoms with E-state index >= 15 is 0 Å². The van der Waals surface area contributed by atoms with Crippen molar-refractivity contribution in [3.05, 3.63) is 24.3 Å². The van der Waals surface area contributed by atoms with Crippen LogP contribution in [0, 0.1) is 17.8 Å². The number of rotatable bonds is 74. The third kappa shape index (κ3) is 71.7. The van der Waals surface area contributed by atoms with Crippen LogP contribution in [0.1, 0.15) is 376 Å². The molecule has 17 nitrogen and oxygen atoms in total. The molecule has 0 amide bonds. The van der Waals surface area contributed by atoms with Gasteiger partial charge in [-0.15, -0.1) is 0 Å². The Balaban J connectivity index is 5.29. The van der Waals surface area contributed by atoms with E-state index in [1.165, 1.54) is 167 Å². The molecule has 19 heteroatoms. The fraction of sp³-hybridized carbons (Fsp3) is 0.897. The zero-order valence-corrected chi connectivity index (χ0v) is 64.8. The topological polar surface area (TPSA) is 237 Å². The summed E-state index contributed by atoms with van der Waals surface area (Å²) in [4.78, 5) is 72.9. The second-order valence-electron chi connectivity index (χ2n) is 28.8. The van der Waals surface area contributed by atoms with Crippen molar-refractivity contribution >= 4 is 39.5 Å². The smallest absolute Gasteiger partial charge is 0.462 e. The fourth-order valence-corrected chi connectivity index (χ4v) is 13.0. The van der Waals surface area contributed by atoms with Crippen LogP contribution in [-0.4, -0.2) is 96.7 Å². The first-order valence-electron chi connectivity index (χ1n) is 39.7. The van der Waals surface area contributed by atoms with Crippen LogP contribution in [0.5, 0.6) is 0 Å². The summed E-state index contributed by atoms with van der Waals surface area (Å²) < 4.78 is 68.5. The summed E-state index contributed by atoms with van der Waals surface area (Å²) in [6.07, 6.45) is 57.7. The number of aliphatic hydroxyl groups excluding tert-OH is 1. The van der Waals surface area contributed by atoms with Crippen molar-refractivity contribution < 1.29 is 80.2 Å². The monoisotopic (exact) mass is 1420 g/mol. The molecule has 0 aliphatic carbocycles. The number of allylic oxidation sites excluding steroid dienone is 4. The normalized spacial score (nSPS) is 14.2. The Morgan fingerprint density at radius 3 is 0.835 bits per heavy atom. The molecule has 0 rings (SSSR count). The molecule has 0 aromatic carbocycles. The molecule has 0 saturated heterocycles. The summed E-state index contributed by atoms with van der Waals surface area (Å²) >= 11 is 0. The average Bonchev–Trinajstić information content (AvgIpc) is 1.66. The van der Waals surface area contributed by atoms with Crippen LogP contribution in [0.25, 0.3) is 0 Å². The first kappa shape index (κ1) is 94.5. The molecule has 0 aromatic rings. The predicted molar refractivity (Wildman–Crippen MR) is 395 cm³/mol. The second kappa shape index (κ2) is 68.0. The highest BCUT2D eigenvalue weighted by molar-refractivity contribution is 7.47. The van der Waals surface area contributed by atoms with Gasteiger partial charge in [0.05, 0.1) is 26.4 Å². The van der Waals surface area contributed by atoms with E-state index < -0.39 is 97.5 Å². The summed E-state index contributed by atoms with van der Waals surface area (Å²) in [7, 11) is -9.93. The Hall–Kier alpha value is -2.46. The van der Waals surface area contributed by atoms with Crippen molar-refractivity contribution in [2.75, 3.05) is 39.6 Å². The van der Waals surface area contributed by atoms with Gasteiger partial charge in [-0.25, -0.2) is 9.13 Å². The summed E-state index contributed by atoms with van der Waals surface area (Å²) in [6.45, 7) is 11.8. The van der Waals surface area contributed by atoms with Gasteiger partial charge in [-0.3, -0.25) is 37.3 Å². The van der Waals surface area contributed by atoms with Crippen molar-refractivity contribution in [3.63, 3.8) is 0 Å². The van der Waals surface area contributed by atoms with E-state index in [4.69, 9.17) is 37.0 Å². The van der Waals surface area contributed by atoms with Crippen LogP contribution < -0.4 is 0 Å². The van der Waals surface area contributed by atoms with E-state index in [2.05, 4.69) is 72.8 Å². The fourth-order valence-electron chi connectivity index (χ4n) is 11.4. The minimum Gasteiger partial charge on any atom is -0.462 e. The molecule has 3 unspecified atom stereocenters. The van der Waals surface area contributed by atoms with Crippen molar-refractivity contribution in [2.24, 2.45) is 17.8 Å². The van der Waals surface area contributed by atoms with Gasteiger partial charge in [0.2, 0.25) is 0 Å². The predicted octanol–water partition coefficient (Wildman–Crippen LogP) is 22.5. The summed E-state index contributed by atoms with van der Waals surface area (Å²) in [6, 6.07) is 0. The number of hydrogen-bond acceptors (Lipinski definition) is 15. The molecule has 0 aliphatic heterocycles. The Kier molecular flexibility index (Phi) is 66.3. The van der Waals surface area contributed by atoms with Gasteiger partial charge in [0.25, 0.3) is 0 Å². The second-order valence-corrected chi connectivity index (χ2v) is 31.7. The van der Waals surface area contributed by atoms with E-state index in [1.54, 1.807) is 0 Å². The lowest BCUT2D eigenvalue weighted by Crippen LogP contribution is -2.30. The molecule has 97 heavy (non-hydrogen) atoms. The van der Waals surface area contributed by atoms with Crippen LogP contribution in [0.2, 0.25) is 0 Å². The molecular formula is C78H148O17P2. The van der Waals surface area contributed by atoms with Gasteiger partial charge in [-0.2, -0.15) is 0 Å². The molecule has 0 saturated carbocycles. The summed E-state index contributed by atoms with van der Waals surface area (Å²) in [5, 5.41) is 10.6. The number of carbonyl (C=O) groups is 4. The Bertz CT molecular complexity index is 1980. The van der Waals surface area contributed by atoms with E-state index in [1.807, 2.05) is 0 Å². The summed E-state index contributed by atoms with van der Waals surface area (Å²) in [5.41, 5.74) is 0. The SMILES string of the molecule is CCCCCC/C=C\C=C/CCCCCCCC(=O)O[C@H](COC(=O)CCCCCCCCCC(C)C)COP(=O)(O)OCC(O)COP(=O)(O)OC[C@@H](COC(=O)CCCCCCCCCCCCCCC(C)C)OC(=O)CCCCCCCCCCCCCCCCC(C)C. The van der Waals surface area contributed by atoms with Gasteiger partial charge in [0.1, 0.15) is 19.3 Å². The number of aliphatic hydroxyl groups is 1. The maximum atomic E-state index is 13.1. The van der Waals surface area contributed by atoms with E-state index in [9.17, 15) is 43.2 Å². The molecule has 0 aromatic heterocycles. The first-order chi connectivity index (χ1) is 46.7. The molecule has 0 bridgehead atoms. The molecule has 0 aliphatic rings. The zero-order valence-electron chi connectivity index (χ0n) is 63.0. The van der Waals surface area contributed by atoms with E-state index in [0.717, 1.165) is 121 Å². The number of phosphoric acid groups is 2. The van der Waals surface area contributed by atoms with Gasteiger partial charge >= 0.3 is 39.5 Å². The molecular weight excluding hydrogens is 1270 g/mol. The number of hydrogen-bond donors (Lipinski definition) is 3. The van der Waals surface area contributed by atoms with Crippen LogP contribution in [0.15, 0.2) is 24.3 Å². The van der Waals surface area contributed by atoms with Gasteiger partial charge < -0.3 is 33.8 Å². The first-order valence-corrected chi connectivity index (χ1v) is 42.7. The quantitative estimate of drug-likeness (QED) is 0.0169. The third-order valence-electron chi connectivity index (χ3n) is 17.5. The van der Waals surface area contributed by atoms with Crippen molar-refractivity contribution in [1.82, 2.24) is 0 Å². The van der Waals surface area contributed by atoms with Gasteiger partial charge in [-0.1, -0.05) is 323 Å². The van der Waals surface area contributed by atoms with Crippen LogP contribution in [0.4, 0.5) is 0 Å². The molecule has 5 atom stereocenters. The lowest BCUT2D eigenvalue weighted by molar-refractivity contribution is -0.161. The van der Waals surface area contributed by atoms with Gasteiger partial charge in [0, 0.05) is 25.7 Å². The lowest BCUT2D eigenvalue weighted by Gasteiger charge is -2.21. The van der Waals surface area contributed by atoms with E-state index in [-0.39, 0.29) is 25.7 Å². The third-order valence-corrected chi connectivity index (χ3v) is 19.4. The van der Waals surface area contributed by atoms with Crippen molar-refractivity contribution in [1.29, 1.82) is 0 Å². The highest BCUT2D eigenvalue weighted by Gasteiger charge is 2.30. The highest BCUT2D eigenvalue weighted by atomic mass is 31.2. The minimum absolute atomic E-state index is 0.0840. The number of unbranched alkanes of at least 4 members (excludes halogenated alkanes) is 39. The molecule has 3 N–H and O–H groups in total. The van der Waals surface area contributed by atoms with Crippen LogP contribution >= 0.6 is 15.6 Å². The highest BCUT2D eigenvalue weighted by Crippen LogP contribution is 2.45. The molecule has 0 radical (unpaired) electrons. The maximum Gasteiger partial charge on any atom is 0.472 e. The minimum atomic E-state index is -4.96. The van der Waals surface area contributed by atoms with Gasteiger partial charge in [0.15, 0.2) is 12.2 Å². The number of carbonyl (C=O) groups excluding carboxylic acids is 4. The lowest BCUT2D eigenvalue weighted by atomic mass is 10.0. The molecule has 0 heterocycles. The van der Waals surface area contributed by atoms with Crippen LogP contribution in [0.3, 0.4) is 0 Å². The Morgan fingerprint density at radius 2 is 0.557 bits per heavy atom. The summed E-state index contributed by atoms with van der Waals surface area (Å²) in [5.74, 6) is 0.130. The van der Waals surface area contributed by atoms with Crippen LogP contribution in [-0.2, 0) is 65.4 Å². The van der Waals surface area contributed by atoms with Gasteiger partial charge in [-0.05, 0) is 69.1 Å². The Labute approximate surface area is 592 Å². The van der Waals surface area contributed by atoms with Crippen molar-refractivity contribution in [3.8, 4) is 0 Å². The zero-order chi connectivity index (χ0) is 71.6. The maximum absolute atomic E-state index is 13.1. The number of phosphoric ester groups is 2. The molecule has 0 fully saturated rings. The average molecular weight is 1420 g/mol. The largest absolute Gasteiger partial charge is 0.472 e.